The molecule has 0 aliphatic carbocycles. The molecule has 16 heavy (non-hydrogen) atoms. The quantitative estimate of drug-likeness (QED) is 0.848. The van der Waals surface area contributed by atoms with Crippen LogP contribution in [0.4, 0.5) is 0 Å². The Hall–Kier alpha value is -1.75. The zero-order chi connectivity index (χ0) is 11.4. The van der Waals surface area contributed by atoms with Crippen LogP contribution in [0.5, 0.6) is 0 Å². The van der Waals surface area contributed by atoms with Gasteiger partial charge in [-0.05, 0) is 18.6 Å². The van der Waals surface area contributed by atoms with E-state index in [1.807, 2.05) is 12.1 Å². The van der Waals surface area contributed by atoms with Crippen LogP contribution in [-0.2, 0) is 0 Å². The third-order valence-electron chi connectivity index (χ3n) is 2.28. The summed E-state index contributed by atoms with van der Waals surface area (Å²) in [6.07, 6.45) is 5.23. The zero-order valence-electron chi connectivity index (χ0n) is 9.13. The molecule has 2 aromatic heterocycles. The molecule has 0 aromatic carbocycles. The minimum atomic E-state index is -0.178. The largest absolute Gasteiger partial charge is 0.337 e. The summed E-state index contributed by atoms with van der Waals surface area (Å²) in [6.45, 7) is 2.07. The Labute approximate surface area is 93.7 Å². The lowest BCUT2D eigenvalue weighted by Gasteiger charge is -2.01. The summed E-state index contributed by atoms with van der Waals surface area (Å²) in [6, 6.07) is 3.53. The molecule has 0 aliphatic heterocycles. The van der Waals surface area contributed by atoms with E-state index in [0.717, 1.165) is 18.4 Å². The Morgan fingerprint density at radius 3 is 3.06 bits per heavy atom. The van der Waals surface area contributed by atoms with Crippen molar-refractivity contribution in [2.24, 2.45) is 5.73 Å². The molecule has 0 unspecified atom stereocenters. The second-order valence-electron chi connectivity index (χ2n) is 3.59. The van der Waals surface area contributed by atoms with E-state index in [-0.39, 0.29) is 6.04 Å². The van der Waals surface area contributed by atoms with Gasteiger partial charge in [-0.25, -0.2) is 0 Å². The van der Waals surface area contributed by atoms with E-state index in [4.69, 9.17) is 10.3 Å². The Kier molecular flexibility index (Phi) is 3.26. The molecular weight excluding hydrogens is 204 g/mol. The number of nitrogens with zero attached hydrogens (tertiary/aromatic N) is 3. The molecule has 5 nitrogen and oxygen atoms in total. The number of hydrogen-bond donors (Lipinski definition) is 1. The highest BCUT2D eigenvalue weighted by Crippen LogP contribution is 2.18. The number of rotatable bonds is 4. The van der Waals surface area contributed by atoms with E-state index in [2.05, 4.69) is 22.0 Å². The van der Waals surface area contributed by atoms with Gasteiger partial charge in [0.05, 0.1) is 6.04 Å². The number of nitrogens with two attached hydrogens (primary N) is 1. The smallest absolute Gasteiger partial charge is 0.243 e. The highest BCUT2D eigenvalue weighted by Gasteiger charge is 2.14. The Morgan fingerprint density at radius 2 is 2.38 bits per heavy atom. The van der Waals surface area contributed by atoms with Gasteiger partial charge in [0.25, 0.3) is 0 Å². The molecule has 0 radical (unpaired) electrons. The van der Waals surface area contributed by atoms with Gasteiger partial charge in [-0.2, -0.15) is 4.98 Å². The first-order valence-electron chi connectivity index (χ1n) is 5.31. The summed E-state index contributed by atoms with van der Waals surface area (Å²) in [5, 5.41) is 3.88. The molecular formula is C11H14N4O. The highest BCUT2D eigenvalue weighted by atomic mass is 16.5. The Morgan fingerprint density at radius 1 is 1.50 bits per heavy atom. The normalized spacial score (nSPS) is 12.6. The highest BCUT2D eigenvalue weighted by molar-refractivity contribution is 5.51. The fourth-order valence-corrected chi connectivity index (χ4v) is 1.43. The van der Waals surface area contributed by atoms with Crippen molar-refractivity contribution >= 4 is 0 Å². The Balaban J connectivity index is 2.20. The number of pyridine rings is 1. The van der Waals surface area contributed by atoms with Crippen molar-refractivity contribution in [3.8, 4) is 11.4 Å². The average molecular weight is 218 g/mol. The first-order valence-corrected chi connectivity index (χ1v) is 5.31. The first-order chi connectivity index (χ1) is 7.81. The molecule has 2 rings (SSSR count). The summed E-state index contributed by atoms with van der Waals surface area (Å²) in [4.78, 5) is 8.25. The molecule has 2 aromatic rings. The second kappa shape index (κ2) is 4.85. The van der Waals surface area contributed by atoms with Gasteiger partial charge in [0.15, 0.2) is 0 Å². The summed E-state index contributed by atoms with van der Waals surface area (Å²) in [5.74, 6) is 1.02. The minimum Gasteiger partial charge on any atom is -0.337 e. The maximum atomic E-state index is 5.89. The fourth-order valence-electron chi connectivity index (χ4n) is 1.43. The van der Waals surface area contributed by atoms with E-state index in [1.54, 1.807) is 12.4 Å². The van der Waals surface area contributed by atoms with Crippen molar-refractivity contribution in [2.75, 3.05) is 0 Å². The maximum Gasteiger partial charge on any atom is 0.243 e. The SMILES string of the molecule is CCC[C@@H](N)c1nc(-c2cccnc2)no1. The van der Waals surface area contributed by atoms with Crippen LogP contribution < -0.4 is 5.73 Å². The fraction of sp³-hybridized carbons (Fsp3) is 0.364. The van der Waals surface area contributed by atoms with Crippen LogP contribution in [0.1, 0.15) is 31.7 Å². The standard InChI is InChI=1S/C11H14N4O/c1-2-4-9(12)11-14-10(15-16-11)8-5-3-6-13-7-8/h3,5-7,9H,2,4,12H2,1H3/t9-/m1/s1. The molecule has 2 heterocycles. The van der Waals surface area contributed by atoms with Gasteiger partial charge < -0.3 is 10.3 Å². The van der Waals surface area contributed by atoms with Crippen molar-refractivity contribution in [2.45, 2.75) is 25.8 Å². The van der Waals surface area contributed by atoms with Crippen molar-refractivity contribution in [3.63, 3.8) is 0 Å². The molecule has 5 heteroatoms. The van der Waals surface area contributed by atoms with Crippen molar-refractivity contribution in [1.82, 2.24) is 15.1 Å². The number of aromatic nitrogens is 3. The molecule has 84 valence electrons. The predicted molar refractivity (Wildman–Crippen MR) is 59.4 cm³/mol. The lowest BCUT2D eigenvalue weighted by atomic mass is 10.2. The van der Waals surface area contributed by atoms with Crippen LogP contribution in [0, 0.1) is 0 Å². The van der Waals surface area contributed by atoms with E-state index < -0.39 is 0 Å². The maximum absolute atomic E-state index is 5.89. The predicted octanol–water partition coefficient (Wildman–Crippen LogP) is 1.93. The summed E-state index contributed by atoms with van der Waals surface area (Å²) >= 11 is 0. The molecule has 2 N–H and O–H groups in total. The van der Waals surface area contributed by atoms with Crippen LogP contribution in [0.3, 0.4) is 0 Å². The second-order valence-corrected chi connectivity index (χ2v) is 3.59. The Bertz CT molecular complexity index is 440. The number of hydrogen-bond acceptors (Lipinski definition) is 5. The molecule has 1 atom stereocenters. The van der Waals surface area contributed by atoms with Gasteiger partial charge in [-0.15, -0.1) is 0 Å². The molecule has 0 amide bonds. The van der Waals surface area contributed by atoms with Crippen LogP contribution >= 0.6 is 0 Å². The molecule has 0 saturated carbocycles. The van der Waals surface area contributed by atoms with Crippen LogP contribution in [0.25, 0.3) is 11.4 Å². The van der Waals surface area contributed by atoms with Crippen LogP contribution in [0.2, 0.25) is 0 Å². The lowest BCUT2D eigenvalue weighted by Crippen LogP contribution is -2.09. The molecule has 0 bridgehead atoms. The van der Waals surface area contributed by atoms with Crippen molar-refractivity contribution in [1.29, 1.82) is 0 Å². The van der Waals surface area contributed by atoms with E-state index >= 15 is 0 Å². The molecule has 0 aliphatic rings. The van der Waals surface area contributed by atoms with Crippen molar-refractivity contribution < 1.29 is 4.52 Å². The van der Waals surface area contributed by atoms with E-state index in [0.29, 0.717) is 11.7 Å². The third kappa shape index (κ3) is 2.25. The van der Waals surface area contributed by atoms with Gasteiger partial charge in [0, 0.05) is 18.0 Å². The molecule has 0 saturated heterocycles. The average Bonchev–Trinajstić information content (AvgIpc) is 2.80. The summed E-state index contributed by atoms with van der Waals surface area (Å²) < 4.78 is 5.12. The van der Waals surface area contributed by atoms with Gasteiger partial charge >= 0.3 is 0 Å². The topological polar surface area (TPSA) is 77.8 Å². The van der Waals surface area contributed by atoms with Crippen LogP contribution in [-0.4, -0.2) is 15.1 Å². The summed E-state index contributed by atoms with van der Waals surface area (Å²) in [7, 11) is 0. The van der Waals surface area contributed by atoms with E-state index in [1.165, 1.54) is 0 Å². The van der Waals surface area contributed by atoms with Gasteiger partial charge in [-0.3, -0.25) is 4.98 Å². The van der Waals surface area contributed by atoms with Crippen LogP contribution in [0.15, 0.2) is 29.0 Å². The molecule has 0 spiro atoms. The van der Waals surface area contributed by atoms with Gasteiger partial charge in [0.1, 0.15) is 0 Å². The van der Waals surface area contributed by atoms with Gasteiger partial charge in [0.2, 0.25) is 11.7 Å². The zero-order valence-corrected chi connectivity index (χ0v) is 9.13. The van der Waals surface area contributed by atoms with E-state index in [9.17, 15) is 0 Å². The minimum absolute atomic E-state index is 0.178. The first kappa shape index (κ1) is 10.8. The summed E-state index contributed by atoms with van der Waals surface area (Å²) in [5.41, 5.74) is 6.72. The molecule has 0 fully saturated rings. The third-order valence-corrected chi connectivity index (χ3v) is 2.28. The monoisotopic (exact) mass is 218 g/mol. The lowest BCUT2D eigenvalue weighted by molar-refractivity contribution is 0.348. The van der Waals surface area contributed by atoms with Crippen molar-refractivity contribution in [3.05, 3.63) is 30.4 Å². The van der Waals surface area contributed by atoms with Gasteiger partial charge in [-0.1, -0.05) is 18.5 Å².